The van der Waals surface area contributed by atoms with E-state index in [4.69, 9.17) is 0 Å². The second-order valence-corrected chi connectivity index (χ2v) is 6.32. The standard InChI is InChI=1S/C21H14F4N2/c1-11-8-9-12(10-13-14(22)4-2-5-15(13)23)20-19(11)26-21(27-20)18-16(24)6-3-7-17(18)25/h2-9H,10H2,1H3,(H,26,27). The predicted molar refractivity (Wildman–Crippen MR) is 95.3 cm³/mol. The molecule has 1 N–H and O–H groups in total. The van der Waals surface area contributed by atoms with Gasteiger partial charge >= 0.3 is 0 Å². The molecular weight excluding hydrogens is 356 g/mol. The lowest BCUT2D eigenvalue weighted by atomic mass is 10.0. The van der Waals surface area contributed by atoms with Crippen LogP contribution in [0, 0.1) is 30.2 Å². The van der Waals surface area contributed by atoms with Gasteiger partial charge in [0.15, 0.2) is 0 Å². The van der Waals surface area contributed by atoms with E-state index >= 15 is 0 Å². The Labute approximate surface area is 152 Å². The maximum atomic E-state index is 14.1. The number of benzene rings is 3. The van der Waals surface area contributed by atoms with E-state index in [2.05, 4.69) is 9.97 Å². The molecule has 2 nitrogen and oxygen atoms in total. The van der Waals surface area contributed by atoms with Gasteiger partial charge < -0.3 is 4.98 Å². The van der Waals surface area contributed by atoms with Crippen molar-refractivity contribution in [3.63, 3.8) is 0 Å². The fourth-order valence-electron chi connectivity index (χ4n) is 3.16. The van der Waals surface area contributed by atoms with Crippen molar-refractivity contribution in [3.8, 4) is 11.4 Å². The molecular formula is C21H14F4N2. The van der Waals surface area contributed by atoms with E-state index in [0.717, 1.165) is 17.7 Å². The Kier molecular flexibility index (Phi) is 4.18. The molecule has 0 saturated carbocycles. The van der Waals surface area contributed by atoms with Crippen LogP contribution in [0.4, 0.5) is 17.6 Å². The van der Waals surface area contributed by atoms with E-state index in [1.165, 1.54) is 24.3 Å². The van der Waals surface area contributed by atoms with E-state index in [-0.39, 0.29) is 23.4 Å². The number of hydrogen-bond donors (Lipinski definition) is 1. The van der Waals surface area contributed by atoms with Crippen molar-refractivity contribution < 1.29 is 17.6 Å². The molecule has 0 saturated heterocycles. The van der Waals surface area contributed by atoms with E-state index in [1.54, 1.807) is 19.1 Å². The minimum Gasteiger partial charge on any atom is -0.338 e. The summed E-state index contributed by atoms with van der Waals surface area (Å²) in [6.07, 6.45) is -0.0172. The first-order chi connectivity index (χ1) is 13.0. The Hall–Kier alpha value is -3.15. The average Bonchev–Trinajstić information content (AvgIpc) is 3.06. The lowest BCUT2D eigenvalue weighted by Gasteiger charge is -2.07. The Morgan fingerprint density at radius 3 is 2.04 bits per heavy atom. The molecule has 1 aromatic heterocycles. The fraction of sp³-hybridized carbons (Fsp3) is 0.0952. The molecule has 3 aromatic carbocycles. The zero-order chi connectivity index (χ0) is 19.1. The molecule has 0 amide bonds. The number of aromatic nitrogens is 2. The summed E-state index contributed by atoms with van der Waals surface area (Å²) in [7, 11) is 0. The third kappa shape index (κ3) is 2.97. The first kappa shape index (κ1) is 17.3. The van der Waals surface area contributed by atoms with Gasteiger partial charge in [0.25, 0.3) is 0 Å². The monoisotopic (exact) mass is 370 g/mol. The summed E-state index contributed by atoms with van der Waals surface area (Å²) in [6.45, 7) is 1.80. The molecule has 0 unspecified atom stereocenters. The molecule has 136 valence electrons. The van der Waals surface area contributed by atoms with E-state index in [9.17, 15) is 17.6 Å². The van der Waals surface area contributed by atoms with Crippen LogP contribution in [-0.2, 0) is 6.42 Å². The van der Waals surface area contributed by atoms with Crippen LogP contribution >= 0.6 is 0 Å². The molecule has 0 spiro atoms. The topological polar surface area (TPSA) is 28.7 Å². The van der Waals surface area contributed by atoms with Gasteiger partial charge in [0.05, 0.1) is 16.6 Å². The summed E-state index contributed by atoms with van der Waals surface area (Å²) < 4.78 is 56.3. The highest BCUT2D eigenvalue weighted by atomic mass is 19.1. The third-order valence-electron chi connectivity index (χ3n) is 4.56. The van der Waals surface area contributed by atoms with Crippen molar-refractivity contribution in [1.82, 2.24) is 9.97 Å². The van der Waals surface area contributed by atoms with Gasteiger partial charge in [0.1, 0.15) is 29.1 Å². The van der Waals surface area contributed by atoms with Gasteiger partial charge in [0, 0.05) is 12.0 Å². The minimum absolute atomic E-state index is 0.0172. The molecule has 0 bridgehead atoms. The number of nitrogens with one attached hydrogen (secondary N) is 1. The molecule has 0 fully saturated rings. The summed E-state index contributed by atoms with van der Waals surface area (Å²) in [5.41, 5.74) is 2.02. The number of rotatable bonds is 3. The normalized spacial score (nSPS) is 11.3. The van der Waals surface area contributed by atoms with Crippen molar-refractivity contribution >= 4 is 11.0 Å². The van der Waals surface area contributed by atoms with Gasteiger partial charge in [-0.3, -0.25) is 0 Å². The van der Waals surface area contributed by atoms with Crippen LogP contribution in [0.25, 0.3) is 22.4 Å². The van der Waals surface area contributed by atoms with Gasteiger partial charge in [0.2, 0.25) is 0 Å². The number of halogens is 4. The Morgan fingerprint density at radius 2 is 1.41 bits per heavy atom. The molecule has 1 heterocycles. The smallest absolute Gasteiger partial charge is 0.144 e. The lowest BCUT2D eigenvalue weighted by Crippen LogP contribution is -1.98. The quantitative estimate of drug-likeness (QED) is 0.462. The zero-order valence-electron chi connectivity index (χ0n) is 14.3. The van der Waals surface area contributed by atoms with Crippen LogP contribution in [0.2, 0.25) is 0 Å². The molecule has 4 rings (SSSR count). The average molecular weight is 370 g/mol. The first-order valence-electron chi connectivity index (χ1n) is 8.31. The largest absolute Gasteiger partial charge is 0.338 e. The van der Waals surface area contributed by atoms with Gasteiger partial charge in [-0.15, -0.1) is 0 Å². The van der Waals surface area contributed by atoms with Crippen molar-refractivity contribution in [1.29, 1.82) is 0 Å². The highest BCUT2D eigenvalue weighted by Crippen LogP contribution is 2.30. The van der Waals surface area contributed by atoms with Crippen LogP contribution in [0.15, 0.2) is 48.5 Å². The van der Waals surface area contributed by atoms with Crippen molar-refractivity contribution in [2.45, 2.75) is 13.3 Å². The molecule has 0 aliphatic rings. The van der Waals surface area contributed by atoms with E-state index < -0.39 is 23.3 Å². The summed E-state index contributed by atoms with van der Waals surface area (Å²) in [6, 6.07) is 10.7. The fourth-order valence-corrected chi connectivity index (χ4v) is 3.16. The lowest BCUT2D eigenvalue weighted by molar-refractivity contribution is 0.561. The van der Waals surface area contributed by atoms with Crippen molar-refractivity contribution in [2.24, 2.45) is 0 Å². The van der Waals surface area contributed by atoms with Gasteiger partial charge in [-0.05, 0) is 42.3 Å². The SMILES string of the molecule is Cc1ccc(Cc2c(F)cccc2F)c2[nH]c(-c3c(F)cccc3F)nc12. The van der Waals surface area contributed by atoms with Crippen LogP contribution in [0.5, 0.6) is 0 Å². The second-order valence-electron chi connectivity index (χ2n) is 6.32. The third-order valence-corrected chi connectivity index (χ3v) is 4.56. The van der Waals surface area contributed by atoms with Crippen LogP contribution in [-0.4, -0.2) is 9.97 Å². The van der Waals surface area contributed by atoms with Crippen molar-refractivity contribution in [3.05, 3.63) is 88.5 Å². The van der Waals surface area contributed by atoms with E-state index in [0.29, 0.717) is 16.6 Å². The predicted octanol–water partition coefficient (Wildman–Crippen LogP) is 5.69. The Morgan fingerprint density at radius 1 is 0.815 bits per heavy atom. The number of aromatic amines is 1. The number of fused-ring (bicyclic) bond motifs is 1. The van der Waals surface area contributed by atoms with Gasteiger partial charge in [-0.1, -0.05) is 24.3 Å². The maximum Gasteiger partial charge on any atom is 0.144 e. The number of imidazole rings is 1. The molecule has 0 aliphatic carbocycles. The summed E-state index contributed by atoms with van der Waals surface area (Å²) in [4.78, 5) is 7.25. The van der Waals surface area contributed by atoms with Crippen LogP contribution < -0.4 is 0 Å². The number of aryl methyl sites for hydroxylation is 1. The molecule has 0 aliphatic heterocycles. The number of hydrogen-bond acceptors (Lipinski definition) is 1. The Bertz CT molecular complexity index is 1120. The highest BCUT2D eigenvalue weighted by Gasteiger charge is 2.18. The number of H-pyrrole nitrogens is 1. The molecule has 0 atom stereocenters. The second kappa shape index (κ2) is 6.54. The molecule has 6 heteroatoms. The van der Waals surface area contributed by atoms with Crippen LogP contribution in [0.3, 0.4) is 0 Å². The van der Waals surface area contributed by atoms with Crippen LogP contribution in [0.1, 0.15) is 16.7 Å². The Balaban J connectivity index is 1.89. The molecule has 0 radical (unpaired) electrons. The summed E-state index contributed by atoms with van der Waals surface area (Å²) in [5, 5.41) is 0. The first-order valence-corrected chi connectivity index (χ1v) is 8.31. The van der Waals surface area contributed by atoms with Crippen molar-refractivity contribution in [2.75, 3.05) is 0 Å². The zero-order valence-corrected chi connectivity index (χ0v) is 14.3. The molecule has 27 heavy (non-hydrogen) atoms. The van der Waals surface area contributed by atoms with E-state index in [1.807, 2.05) is 0 Å². The highest BCUT2D eigenvalue weighted by molar-refractivity contribution is 5.85. The number of nitrogens with zero attached hydrogens (tertiary/aromatic N) is 1. The molecule has 4 aromatic rings. The van der Waals surface area contributed by atoms with Gasteiger partial charge in [-0.2, -0.15) is 0 Å². The summed E-state index contributed by atoms with van der Waals surface area (Å²) in [5.74, 6) is -2.75. The minimum atomic E-state index is -0.742. The summed E-state index contributed by atoms with van der Waals surface area (Å²) >= 11 is 0. The van der Waals surface area contributed by atoms with Gasteiger partial charge in [-0.25, -0.2) is 22.5 Å². The maximum absolute atomic E-state index is 14.1.